The number of H-pyrrole nitrogens is 1. The predicted octanol–water partition coefficient (Wildman–Crippen LogP) is 2.72. The Balaban J connectivity index is 0.00000147. The minimum atomic E-state index is 0. The zero-order valence-corrected chi connectivity index (χ0v) is 12.6. The number of halogens is 1. The topological polar surface area (TPSA) is 39.8 Å². The van der Waals surface area contributed by atoms with Crippen molar-refractivity contribution in [3.05, 3.63) is 36.0 Å². The summed E-state index contributed by atoms with van der Waals surface area (Å²) in [5.74, 6) is 0.865. The Morgan fingerprint density at radius 3 is 2.80 bits per heavy atom. The van der Waals surface area contributed by atoms with Crippen LogP contribution in [0.25, 0.3) is 10.9 Å². The molecule has 20 heavy (non-hydrogen) atoms. The molecule has 3 rings (SSSR count). The molecule has 0 atom stereocenters. The maximum absolute atomic E-state index is 3.62. The van der Waals surface area contributed by atoms with E-state index in [1.807, 2.05) is 0 Å². The number of benzene rings is 1. The van der Waals surface area contributed by atoms with Gasteiger partial charge in [-0.05, 0) is 63.0 Å². The second kappa shape index (κ2) is 7.67. The molecule has 0 amide bonds. The van der Waals surface area contributed by atoms with Gasteiger partial charge < -0.3 is 15.6 Å². The Morgan fingerprint density at radius 2 is 1.95 bits per heavy atom. The predicted molar refractivity (Wildman–Crippen MR) is 87.7 cm³/mol. The van der Waals surface area contributed by atoms with Gasteiger partial charge in [0.05, 0.1) is 0 Å². The van der Waals surface area contributed by atoms with Crippen LogP contribution in [0.5, 0.6) is 0 Å². The van der Waals surface area contributed by atoms with Gasteiger partial charge in [0.25, 0.3) is 0 Å². The van der Waals surface area contributed by atoms with Gasteiger partial charge in [-0.25, -0.2) is 0 Å². The van der Waals surface area contributed by atoms with Crippen LogP contribution in [-0.4, -0.2) is 31.2 Å². The summed E-state index contributed by atoms with van der Waals surface area (Å²) in [6, 6.07) is 8.54. The number of aromatic nitrogens is 1. The average Bonchev–Trinajstić information content (AvgIpc) is 2.88. The minimum Gasteiger partial charge on any atom is -0.361 e. The molecule has 0 spiro atoms. The highest BCUT2D eigenvalue weighted by molar-refractivity contribution is 5.85. The van der Waals surface area contributed by atoms with Crippen LogP contribution in [0.2, 0.25) is 0 Å². The van der Waals surface area contributed by atoms with Gasteiger partial charge in [-0.15, -0.1) is 12.4 Å². The summed E-state index contributed by atoms with van der Waals surface area (Å²) >= 11 is 0. The number of fused-ring (bicyclic) bond motifs is 1. The smallest absolute Gasteiger partial charge is 0.0456 e. The molecule has 0 bridgehead atoms. The molecular formula is C16H24ClN3. The number of aromatic amines is 1. The van der Waals surface area contributed by atoms with Crippen molar-refractivity contribution in [3.8, 4) is 0 Å². The molecule has 1 aromatic heterocycles. The average molecular weight is 294 g/mol. The summed E-state index contributed by atoms with van der Waals surface area (Å²) in [6.45, 7) is 4.62. The fourth-order valence-electron chi connectivity index (χ4n) is 2.95. The van der Waals surface area contributed by atoms with Gasteiger partial charge in [0.2, 0.25) is 0 Å². The van der Waals surface area contributed by atoms with Crippen molar-refractivity contribution in [2.45, 2.75) is 19.3 Å². The maximum Gasteiger partial charge on any atom is 0.0456 e. The highest BCUT2D eigenvalue weighted by Gasteiger charge is 2.12. The van der Waals surface area contributed by atoms with E-state index in [0.717, 1.165) is 18.9 Å². The van der Waals surface area contributed by atoms with Crippen LogP contribution >= 0.6 is 12.4 Å². The van der Waals surface area contributed by atoms with E-state index in [9.17, 15) is 0 Å². The Hall–Kier alpha value is -1.03. The highest BCUT2D eigenvalue weighted by atomic mass is 35.5. The summed E-state index contributed by atoms with van der Waals surface area (Å²) < 4.78 is 0. The SMILES string of the molecule is Cl.c1ccc2c(CCNCC3CCNCC3)c[nH]c2c1. The van der Waals surface area contributed by atoms with E-state index in [2.05, 4.69) is 46.1 Å². The summed E-state index contributed by atoms with van der Waals surface area (Å²) in [4.78, 5) is 3.34. The second-order valence-electron chi connectivity index (χ2n) is 5.51. The van der Waals surface area contributed by atoms with Crippen molar-refractivity contribution < 1.29 is 0 Å². The zero-order valence-electron chi connectivity index (χ0n) is 11.8. The molecule has 1 aliphatic rings. The molecule has 3 N–H and O–H groups in total. The third-order valence-corrected chi connectivity index (χ3v) is 4.14. The molecule has 0 aliphatic carbocycles. The zero-order chi connectivity index (χ0) is 12.9. The van der Waals surface area contributed by atoms with Crippen LogP contribution in [0.15, 0.2) is 30.5 Å². The van der Waals surface area contributed by atoms with Crippen LogP contribution < -0.4 is 10.6 Å². The van der Waals surface area contributed by atoms with E-state index in [1.165, 1.54) is 48.9 Å². The first kappa shape index (κ1) is 15.4. The molecule has 0 unspecified atom stereocenters. The van der Waals surface area contributed by atoms with Gasteiger partial charge in [-0.2, -0.15) is 0 Å². The molecule has 1 aliphatic heterocycles. The summed E-state index contributed by atoms with van der Waals surface area (Å²) in [5.41, 5.74) is 2.67. The van der Waals surface area contributed by atoms with E-state index < -0.39 is 0 Å². The van der Waals surface area contributed by atoms with Gasteiger partial charge in [0.1, 0.15) is 0 Å². The molecule has 1 fully saturated rings. The largest absolute Gasteiger partial charge is 0.361 e. The second-order valence-corrected chi connectivity index (χ2v) is 5.51. The van der Waals surface area contributed by atoms with Crippen molar-refractivity contribution >= 4 is 23.3 Å². The molecule has 1 aromatic carbocycles. The Kier molecular flexibility index (Phi) is 5.89. The lowest BCUT2D eigenvalue weighted by atomic mass is 9.98. The van der Waals surface area contributed by atoms with Crippen LogP contribution in [0, 0.1) is 5.92 Å². The third kappa shape index (κ3) is 3.75. The van der Waals surface area contributed by atoms with Gasteiger partial charge in [0.15, 0.2) is 0 Å². The number of piperidine rings is 1. The van der Waals surface area contributed by atoms with E-state index in [0.29, 0.717) is 0 Å². The Morgan fingerprint density at radius 1 is 1.15 bits per heavy atom. The maximum atomic E-state index is 3.62. The standard InChI is InChI=1S/C16H23N3.ClH/c1-2-4-16-15(3-1)14(12-19-16)7-10-18-11-13-5-8-17-9-6-13;/h1-4,12-13,17-19H,5-11H2;1H. The van der Waals surface area contributed by atoms with Crippen LogP contribution in [-0.2, 0) is 6.42 Å². The van der Waals surface area contributed by atoms with Crippen LogP contribution in [0.3, 0.4) is 0 Å². The van der Waals surface area contributed by atoms with Gasteiger partial charge in [0, 0.05) is 17.1 Å². The van der Waals surface area contributed by atoms with E-state index in [1.54, 1.807) is 0 Å². The number of hydrogen-bond acceptors (Lipinski definition) is 2. The molecule has 2 heterocycles. The van der Waals surface area contributed by atoms with Gasteiger partial charge in [-0.1, -0.05) is 18.2 Å². The lowest BCUT2D eigenvalue weighted by Crippen LogP contribution is -2.34. The number of rotatable bonds is 5. The summed E-state index contributed by atoms with van der Waals surface area (Å²) in [5, 5.41) is 8.40. The van der Waals surface area contributed by atoms with E-state index in [4.69, 9.17) is 0 Å². The van der Waals surface area contributed by atoms with Crippen molar-refractivity contribution in [2.75, 3.05) is 26.2 Å². The molecular weight excluding hydrogens is 270 g/mol. The molecule has 0 radical (unpaired) electrons. The van der Waals surface area contributed by atoms with Gasteiger partial charge in [-0.3, -0.25) is 0 Å². The monoisotopic (exact) mass is 293 g/mol. The normalized spacial score (nSPS) is 16.2. The summed E-state index contributed by atoms with van der Waals surface area (Å²) in [6.07, 6.45) is 5.89. The first-order chi connectivity index (χ1) is 9.43. The highest BCUT2D eigenvalue weighted by Crippen LogP contribution is 2.17. The first-order valence-electron chi connectivity index (χ1n) is 7.40. The third-order valence-electron chi connectivity index (χ3n) is 4.14. The molecule has 3 nitrogen and oxygen atoms in total. The lowest BCUT2D eigenvalue weighted by molar-refractivity contribution is 0.358. The van der Waals surface area contributed by atoms with Crippen molar-refractivity contribution in [3.63, 3.8) is 0 Å². The van der Waals surface area contributed by atoms with Crippen LogP contribution in [0.4, 0.5) is 0 Å². The minimum absolute atomic E-state index is 0. The first-order valence-corrected chi connectivity index (χ1v) is 7.40. The van der Waals surface area contributed by atoms with E-state index >= 15 is 0 Å². The van der Waals surface area contributed by atoms with Crippen molar-refractivity contribution in [2.24, 2.45) is 5.92 Å². The number of nitrogens with one attached hydrogen (secondary N) is 3. The molecule has 110 valence electrons. The lowest BCUT2D eigenvalue weighted by Gasteiger charge is -2.22. The molecule has 1 saturated heterocycles. The molecule has 2 aromatic rings. The fraction of sp³-hybridized carbons (Fsp3) is 0.500. The van der Waals surface area contributed by atoms with Crippen molar-refractivity contribution in [1.82, 2.24) is 15.6 Å². The van der Waals surface area contributed by atoms with Gasteiger partial charge >= 0.3 is 0 Å². The molecule has 4 heteroatoms. The van der Waals surface area contributed by atoms with E-state index in [-0.39, 0.29) is 12.4 Å². The fourth-order valence-corrected chi connectivity index (χ4v) is 2.95. The molecule has 0 saturated carbocycles. The van der Waals surface area contributed by atoms with Crippen molar-refractivity contribution in [1.29, 1.82) is 0 Å². The summed E-state index contributed by atoms with van der Waals surface area (Å²) in [7, 11) is 0. The number of para-hydroxylation sites is 1. The quantitative estimate of drug-likeness (QED) is 0.742. The Bertz CT molecular complexity index is 517. The van der Waals surface area contributed by atoms with Crippen LogP contribution in [0.1, 0.15) is 18.4 Å². The number of hydrogen-bond donors (Lipinski definition) is 3. The Labute approximate surface area is 126 Å².